The van der Waals surface area contributed by atoms with Crippen LogP contribution in [0.4, 0.5) is 16.4 Å². The van der Waals surface area contributed by atoms with Crippen LogP contribution in [-0.4, -0.2) is 49.4 Å². The highest BCUT2D eigenvalue weighted by atomic mass is 16.5. The van der Waals surface area contributed by atoms with Crippen LogP contribution in [0.3, 0.4) is 0 Å². The molecular weight excluding hydrogens is 246 g/mol. The van der Waals surface area contributed by atoms with Gasteiger partial charge in [-0.3, -0.25) is 0 Å². The van der Waals surface area contributed by atoms with Crippen LogP contribution in [0, 0.1) is 6.92 Å². The van der Waals surface area contributed by atoms with Gasteiger partial charge in [0.05, 0.1) is 13.2 Å². The molecule has 104 valence electrons. The van der Waals surface area contributed by atoms with Crippen molar-refractivity contribution in [1.82, 2.24) is 15.3 Å². The van der Waals surface area contributed by atoms with Crippen LogP contribution in [0.1, 0.15) is 12.0 Å². The summed E-state index contributed by atoms with van der Waals surface area (Å²) in [5, 5.41) is 5.86. The molecule has 7 nitrogen and oxygen atoms in total. The molecule has 2 heterocycles. The zero-order valence-corrected chi connectivity index (χ0v) is 11.4. The molecule has 0 spiro atoms. The molecule has 0 bridgehead atoms. The lowest BCUT2D eigenvalue weighted by Crippen LogP contribution is -2.37. The number of aromatic nitrogens is 2. The molecule has 0 radical (unpaired) electrons. The maximum atomic E-state index is 11.2. The molecule has 1 fully saturated rings. The number of carbonyl (C=O) groups is 1. The normalized spacial score (nSPS) is 18.3. The van der Waals surface area contributed by atoms with Crippen molar-refractivity contribution in [2.45, 2.75) is 19.4 Å². The lowest BCUT2D eigenvalue weighted by atomic mass is 10.3. The van der Waals surface area contributed by atoms with E-state index in [4.69, 9.17) is 0 Å². The van der Waals surface area contributed by atoms with E-state index in [1.807, 2.05) is 14.0 Å². The van der Waals surface area contributed by atoms with Crippen LogP contribution >= 0.6 is 0 Å². The second-order valence-corrected chi connectivity index (χ2v) is 4.49. The first-order valence-electron chi connectivity index (χ1n) is 6.24. The predicted molar refractivity (Wildman–Crippen MR) is 72.5 cm³/mol. The fourth-order valence-electron chi connectivity index (χ4n) is 2.31. The van der Waals surface area contributed by atoms with E-state index < -0.39 is 0 Å². The van der Waals surface area contributed by atoms with Crippen LogP contribution < -0.4 is 15.5 Å². The minimum absolute atomic E-state index is 0.0971. The summed E-state index contributed by atoms with van der Waals surface area (Å²) in [5.74, 6) is 1.74. The smallest absolute Gasteiger partial charge is 0.407 e. The monoisotopic (exact) mass is 265 g/mol. The predicted octanol–water partition coefficient (Wildman–Crippen LogP) is 0.761. The lowest BCUT2D eigenvalue weighted by molar-refractivity contribution is 0.167. The molecule has 7 heteroatoms. The van der Waals surface area contributed by atoms with Gasteiger partial charge < -0.3 is 20.3 Å². The van der Waals surface area contributed by atoms with Crippen molar-refractivity contribution < 1.29 is 9.53 Å². The Balaban J connectivity index is 2.06. The minimum atomic E-state index is -0.387. The average Bonchev–Trinajstić information content (AvgIpc) is 2.87. The first kappa shape index (κ1) is 13.4. The lowest BCUT2D eigenvalue weighted by Gasteiger charge is -2.20. The number of hydrogen-bond acceptors (Lipinski definition) is 6. The highest BCUT2D eigenvalue weighted by Crippen LogP contribution is 2.25. The van der Waals surface area contributed by atoms with Crippen molar-refractivity contribution in [3.63, 3.8) is 0 Å². The Kier molecular flexibility index (Phi) is 4.03. The maximum absolute atomic E-state index is 11.2. The molecule has 1 unspecified atom stereocenters. The number of methoxy groups -OCH3 is 1. The van der Waals surface area contributed by atoms with E-state index in [0.717, 1.165) is 36.7 Å². The fourth-order valence-corrected chi connectivity index (χ4v) is 2.31. The van der Waals surface area contributed by atoms with Gasteiger partial charge in [-0.15, -0.1) is 0 Å². The standard InChI is InChI=1S/C12H19N5O2/c1-8-10(13-2)14-7-15-11(8)17-5-4-9(6-17)16-12(18)19-3/h7,9H,4-6H2,1-3H3,(H,16,18)(H,13,14,15). The van der Waals surface area contributed by atoms with E-state index in [2.05, 4.69) is 30.2 Å². The quantitative estimate of drug-likeness (QED) is 0.840. The first-order valence-corrected chi connectivity index (χ1v) is 6.24. The van der Waals surface area contributed by atoms with E-state index in [9.17, 15) is 4.79 Å². The highest BCUT2D eigenvalue weighted by molar-refractivity contribution is 5.67. The number of ether oxygens (including phenoxy) is 1. The Morgan fingerprint density at radius 2 is 2.32 bits per heavy atom. The zero-order valence-electron chi connectivity index (χ0n) is 11.4. The van der Waals surface area contributed by atoms with Gasteiger partial charge in [0.15, 0.2) is 0 Å². The van der Waals surface area contributed by atoms with Crippen molar-refractivity contribution in [3.05, 3.63) is 11.9 Å². The third-order valence-electron chi connectivity index (χ3n) is 3.29. The van der Waals surface area contributed by atoms with E-state index in [0.29, 0.717) is 0 Å². The minimum Gasteiger partial charge on any atom is -0.453 e. The summed E-state index contributed by atoms with van der Waals surface area (Å²) in [5.41, 5.74) is 1.02. The summed E-state index contributed by atoms with van der Waals surface area (Å²) >= 11 is 0. The number of rotatable bonds is 3. The van der Waals surface area contributed by atoms with Crippen molar-refractivity contribution in [2.75, 3.05) is 37.5 Å². The molecule has 2 rings (SSSR count). The van der Waals surface area contributed by atoms with Crippen LogP contribution in [0.2, 0.25) is 0 Å². The van der Waals surface area contributed by atoms with Crippen LogP contribution in [-0.2, 0) is 4.74 Å². The molecule has 19 heavy (non-hydrogen) atoms. The summed E-state index contributed by atoms with van der Waals surface area (Å²) < 4.78 is 4.61. The van der Waals surface area contributed by atoms with Gasteiger partial charge >= 0.3 is 6.09 Å². The molecule has 1 aliphatic heterocycles. The molecule has 1 atom stereocenters. The van der Waals surface area contributed by atoms with Crippen LogP contribution in [0.25, 0.3) is 0 Å². The third-order valence-corrected chi connectivity index (χ3v) is 3.29. The maximum Gasteiger partial charge on any atom is 0.407 e. The van der Waals surface area contributed by atoms with E-state index >= 15 is 0 Å². The Labute approximate surface area is 112 Å². The molecule has 2 N–H and O–H groups in total. The van der Waals surface area contributed by atoms with E-state index in [1.54, 1.807) is 6.33 Å². The molecule has 1 aromatic heterocycles. The molecular formula is C12H19N5O2. The highest BCUT2D eigenvalue weighted by Gasteiger charge is 2.26. The second kappa shape index (κ2) is 5.73. The largest absolute Gasteiger partial charge is 0.453 e. The van der Waals surface area contributed by atoms with Gasteiger partial charge in [-0.2, -0.15) is 0 Å². The zero-order chi connectivity index (χ0) is 13.8. The number of carbonyl (C=O) groups excluding carboxylic acids is 1. The van der Waals surface area contributed by atoms with Crippen LogP contribution in [0.5, 0.6) is 0 Å². The molecule has 1 aromatic rings. The SMILES string of the molecule is CNc1ncnc(N2CCC(NC(=O)OC)C2)c1C. The molecule has 0 saturated carbocycles. The molecule has 1 amide bonds. The van der Waals surface area contributed by atoms with Gasteiger partial charge in [-0.1, -0.05) is 0 Å². The number of hydrogen-bond donors (Lipinski definition) is 2. The molecule has 1 aliphatic rings. The van der Waals surface area contributed by atoms with Gasteiger partial charge in [0.25, 0.3) is 0 Å². The average molecular weight is 265 g/mol. The molecule has 0 aromatic carbocycles. The summed E-state index contributed by atoms with van der Waals surface area (Å²) in [7, 11) is 3.21. The Morgan fingerprint density at radius 3 is 3.00 bits per heavy atom. The Morgan fingerprint density at radius 1 is 1.53 bits per heavy atom. The van der Waals surface area contributed by atoms with Gasteiger partial charge in [0, 0.05) is 25.7 Å². The number of nitrogens with one attached hydrogen (secondary N) is 2. The number of nitrogens with zero attached hydrogens (tertiary/aromatic N) is 3. The topological polar surface area (TPSA) is 79.4 Å². The fraction of sp³-hybridized carbons (Fsp3) is 0.583. The third kappa shape index (κ3) is 2.86. The molecule has 1 saturated heterocycles. The summed E-state index contributed by atoms with van der Waals surface area (Å²) in [4.78, 5) is 21.8. The van der Waals surface area contributed by atoms with Crippen molar-refractivity contribution in [1.29, 1.82) is 0 Å². The number of amides is 1. The van der Waals surface area contributed by atoms with Crippen LogP contribution in [0.15, 0.2) is 6.33 Å². The number of anilines is 2. The Hall–Kier alpha value is -2.05. The number of alkyl carbamates (subject to hydrolysis) is 1. The van der Waals surface area contributed by atoms with Gasteiger partial charge in [0.2, 0.25) is 0 Å². The van der Waals surface area contributed by atoms with Crippen molar-refractivity contribution in [3.8, 4) is 0 Å². The van der Waals surface area contributed by atoms with Gasteiger partial charge in [0.1, 0.15) is 18.0 Å². The summed E-state index contributed by atoms with van der Waals surface area (Å²) in [6.45, 7) is 3.58. The Bertz CT molecular complexity index is 465. The summed E-state index contributed by atoms with van der Waals surface area (Å²) in [6.07, 6.45) is 2.05. The van der Waals surface area contributed by atoms with E-state index in [-0.39, 0.29) is 12.1 Å². The van der Waals surface area contributed by atoms with Gasteiger partial charge in [-0.05, 0) is 13.3 Å². The van der Waals surface area contributed by atoms with Gasteiger partial charge in [-0.25, -0.2) is 14.8 Å². The van der Waals surface area contributed by atoms with Crippen molar-refractivity contribution in [2.24, 2.45) is 0 Å². The van der Waals surface area contributed by atoms with E-state index in [1.165, 1.54) is 7.11 Å². The molecule has 0 aliphatic carbocycles. The first-order chi connectivity index (χ1) is 9.15. The van der Waals surface area contributed by atoms with Crippen molar-refractivity contribution >= 4 is 17.7 Å². The second-order valence-electron chi connectivity index (χ2n) is 4.49. The summed E-state index contributed by atoms with van der Waals surface area (Å²) in [6, 6.07) is 0.0971.